The van der Waals surface area contributed by atoms with Gasteiger partial charge in [-0.05, 0) is 178 Å². The van der Waals surface area contributed by atoms with Crippen LogP contribution in [0.1, 0.15) is 85.9 Å². The molecule has 0 aromatic heterocycles. The number of ketones is 1. The van der Waals surface area contributed by atoms with Crippen LogP contribution in [0, 0.1) is 0 Å². The average Bonchev–Trinajstić information content (AvgIpc) is 4.11. The number of Topliss-reactive ketones (excluding diaryl/α,β-unsaturated/α-hetero) is 1. The lowest BCUT2D eigenvalue weighted by atomic mass is 9.79. The van der Waals surface area contributed by atoms with Gasteiger partial charge in [-0.25, -0.2) is 8.42 Å². The van der Waals surface area contributed by atoms with Crippen LogP contribution in [-0.2, 0) is 20.1 Å². The maximum atomic E-state index is 12.4. The molecule has 0 aliphatic carbocycles. The predicted molar refractivity (Wildman–Crippen MR) is 328 cm³/mol. The van der Waals surface area contributed by atoms with Crippen LogP contribution in [0.4, 0.5) is 0 Å². The highest BCUT2D eigenvalue weighted by molar-refractivity contribution is 7.99. The van der Waals surface area contributed by atoms with Crippen LogP contribution < -0.4 is 14.2 Å². The summed E-state index contributed by atoms with van der Waals surface area (Å²) in [6.07, 6.45) is 1.44. The fourth-order valence-corrected chi connectivity index (χ4v) is 12.0. The lowest BCUT2D eigenvalue weighted by Gasteiger charge is -2.36. The molecule has 0 amide bonds. The summed E-state index contributed by atoms with van der Waals surface area (Å²) in [6, 6.07) is 65.8. The minimum Gasteiger partial charge on any atom is -0.497 e. The quantitative estimate of drug-likeness (QED) is 0.0794. The van der Waals surface area contributed by atoms with Gasteiger partial charge in [-0.1, -0.05) is 135 Å². The SMILES string of the molecule is C.CB1OC(c2ccccc2)(c2ccccc2)C2CCCN12.COc1ccc(S(=O)(=O)c2ccc([C@@H](C)O)cc2)cc1.COc1ccc(Sc2ccc(C(C)=O)cc2)cc1.COc1ccc(Sc2ccc([C@@H](C)O)cc2)cc1.[B]C. The van der Waals surface area contributed by atoms with E-state index in [0.717, 1.165) is 43.9 Å². The van der Waals surface area contributed by atoms with E-state index in [9.17, 15) is 23.4 Å². The van der Waals surface area contributed by atoms with Gasteiger partial charge in [0.05, 0.1) is 51.2 Å². The number of hydrogen-bond donors (Lipinski definition) is 2. The van der Waals surface area contributed by atoms with Crippen LogP contribution in [0.25, 0.3) is 0 Å². The van der Waals surface area contributed by atoms with Gasteiger partial charge in [0.15, 0.2) is 5.78 Å². The molecule has 15 heteroatoms. The molecule has 2 heterocycles. The lowest BCUT2D eigenvalue weighted by Crippen LogP contribution is -2.41. The number of carbonyl (C=O) groups is 1. The Morgan fingerprint density at radius 1 is 0.588 bits per heavy atom. The summed E-state index contributed by atoms with van der Waals surface area (Å²) < 4.78 is 46.7. The van der Waals surface area contributed by atoms with Crippen molar-refractivity contribution in [3.63, 3.8) is 0 Å². The van der Waals surface area contributed by atoms with E-state index in [1.54, 1.807) is 82.8 Å². The highest BCUT2D eigenvalue weighted by atomic mass is 32.2. The number of fused-ring (bicyclic) bond motifs is 1. The number of rotatable bonds is 14. The molecule has 2 N–H and O–H groups in total. The summed E-state index contributed by atoms with van der Waals surface area (Å²) in [6.45, 7) is 9.81. The molecule has 2 aliphatic heterocycles. The third kappa shape index (κ3) is 17.0. The summed E-state index contributed by atoms with van der Waals surface area (Å²) in [7, 11) is 5.98. The molecule has 8 aromatic carbocycles. The van der Waals surface area contributed by atoms with E-state index < -0.39 is 22.0 Å². The molecule has 0 saturated carbocycles. The van der Waals surface area contributed by atoms with Crippen molar-refractivity contribution >= 4 is 54.0 Å². The van der Waals surface area contributed by atoms with E-state index in [-0.39, 0.29) is 35.7 Å². The number of aliphatic hydroxyl groups is 2. The minimum atomic E-state index is -3.54. The summed E-state index contributed by atoms with van der Waals surface area (Å²) >= 11 is 3.35. The van der Waals surface area contributed by atoms with Crippen LogP contribution in [0.2, 0.25) is 13.6 Å². The lowest BCUT2D eigenvalue weighted by molar-refractivity contribution is 0.101. The molecular weight excluding hydrogens is 1060 g/mol. The maximum Gasteiger partial charge on any atom is 0.380 e. The molecule has 2 saturated heterocycles. The molecular formula is C65H73B2NO9S3. The smallest absolute Gasteiger partial charge is 0.380 e. The summed E-state index contributed by atoms with van der Waals surface area (Å²) in [5.74, 6) is 2.42. The van der Waals surface area contributed by atoms with Crippen molar-refractivity contribution in [1.82, 2.24) is 4.81 Å². The number of aliphatic hydroxyl groups excluding tert-OH is 2. The highest BCUT2D eigenvalue weighted by Gasteiger charge is 2.56. The Hall–Kier alpha value is -6.55. The standard InChI is InChI=1S/C18H20BNO.C15H16O4S.C15H16O2S.C15H14O2S.CH3B.CH4/c1-19-20-14-8-13-17(20)18(21-19,15-9-4-2-5-10-15)16-11-6-3-7-12-16;1-11(16)12-3-7-14(8-4-12)20(17,18)15-9-5-13(19-2)6-10-15;2*1-11(16)12-3-7-14(8-4-12)18-15-9-5-13(17-2)6-10-15;1-2;/h2-7,9-12,17H,8,13-14H2,1H3;3-11,16H,1-2H3;3-11,16H,1-2H3;3-10H,1-2H3;1H3;1H4/t;2*11-;;;/m.11.../s1. The van der Waals surface area contributed by atoms with Crippen molar-refractivity contribution in [1.29, 1.82) is 0 Å². The Morgan fingerprint density at radius 2 is 0.925 bits per heavy atom. The zero-order chi connectivity index (χ0) is 57.0. The van der Waals surface area contributed by atoms with Gasteiger partial charge in [-0.3, -0.25) is 4.79 Å². The predicted octanol–water partition coefficient (Wildman–Crippen LogP) is 14.9. The molecule has 2 fully saturated rings. The molecule has 10 rings (SSSR count). The second-order valence-electron chi connectivity index (χ2n) is 18.4. The van der Waals surface area contributed by atoms with Gasteiger partial charge in [0, 0.05) is 31.2 Å². The Morgan fingerprint density at radius 3 is 1.29 bits per heavy atom. The first kappa shape index (κ1) is 64.3. The maximum absolute atomic E-state index is 12.4. The molecule has 416 valence electrons. The monoisotopic (exact) mass is 1130 g/mol. The molecule has 1 unspecified atom stereocenters. The number of hydrogen-bond acceptors (Lipinski definition) is 12. The second kappa shape index (κ2) is 31.4. The Labute approximate surface area is 485 Å². The summed E-state index contributed by atoms with van der Waals surface area (Å²) in [5.41, 5.74) is 4.59. The van der Waals surface area contributed by atoms with Gasteiger partial charge >= 0.3 is 7.05 Å². The van der Waals surface area contributed by atoms with E-state index in [0.29, 0.717) is 17.4 Å². The van der Waals surface area contributed by atoms with Crippen molar-refractivity contribution in [3.8, 4) is 17.2 Å². The van der Waals surface area contributed by atoms with Gasteiger partial charge in [0.1, 0.15) is 22.8 Å². The Balaban J connectivity index is 0.000000194. The van der Waals surface area contributed by atoms with Crippen LogP contribution in [0.3, 0.4) is 0 Å². The van der Waals surface area contributed by atoms with Crippen molar-refractivity contribution in [2.75, 3.05) is 27.9 Å². The van der Waals surface area contributed by atoms with E-state index >= 15 is 0 Å². The third-order valence-electron chi connectivity index (χ3n) is 13.2. The van der Waals surface area contributed by atoms with Crippen LogP contribution in [0.5, 0.6) is 17.2 Å². The molecule has 2 radical (unpaired) electrons. The molecule has 0 spiro atoms. The molecule has 0 bridgehead atoms. The largest absolute Gasteiger partial charge is 0.497 e. The topological polar surface area (TPSA) is 132 Å². The van der Waals surface area contributed by atoms with E-state index in [4.69, 9.17) is 18.9 Å². The van der Waals surface area contributed by atoms with E-state index in [2.05, 4.69) is 80.1 Å². The second-order valence-corrected chi connectivity index (χ2v) is 22.6. The number of benzene rings is 8. The first-order valence-corrected chi connectivity index (χ1v) is 29.1. The summed E-state index contributed by atoms with van der Waals surface area (Å²) in [4.78, 5) is 18.7. The Bertz CT molecular complexity index is 3150. The Kier molecular flexibility index (Phi) is 25.3. The number of sulfone groups is 1. The molecule has 80 heavy (non-hydrogen) atoms. The van der Waals surface area contributed by atoms with Crippen LogP contribution in [-0.4, -0.2) is 78.0 Å². The van der Waals surface area contributed by atoms with Crippen molar-refractivity contribution in [2.24, 2.45) is 0 Å². The third-order valence-corrected chi connectivity index (χ3v) is 17.1. The van der Waals surface area contributed by atoms with Gasteiger partial charge in [-0.2, -0.15) is 0 Å². The molecule has 8 aromatic rings. The normalized spacial score (nSPS) is 14.7. The number of methoxy groups -OCH3 is 3. The van der Waals surface area contributed by atoms with Crippen molar-refractivity contribution in [3.05, 3.63) is 234 Å². The first-order valence-electron chi connectivity index (χ1n) is 26.0. The zero-order valence-electron chi connectivity index (χ0n) is 46.1. The summed E-state index contributed by atoms with van der Waals surface area (Å²) in [5, 5.41) is 18.9. The molecule has 10 nitrogen and oxygen atoms in total. The van der Waals surface area contributed by atoms with Crippen LogP contribution in [0.15, 0.2) is 236 Å². The van der Waals surface area contributed by atoms with Gasteiger partial charge in [0.2, 0.25) is 9.84 Å². The van der Waals surface area contributed by atoms with Gasteiger partial charge in [0.25, 0.3) is 0 Å². The average molecular weight is 1130 g/mol. The van der Waals surface area contributed by atoms with E-state index in [1.165, 1.54) is 67.1 Å². The number of ether oxygens (including phenoxy) is 3. The molecule has 3 atom stereocenters. The fraction of sp³-hybridized carbons (Fsp3) is 0.246. The van der Waals surface area contributed by atoms with Crippen LogP contribution >= 0.6 is 23.5 Å². The van der Waals surface area contributed by atoms with Crippen molar-refractivity contribution < 1.29 is 42.3 Å². The molecule has 2 aliphatic rings. The number of nitrogens with zero attached hydrogens (tertiary/aromatic N) is 1. The zero-order valence-corrected chi connectivity index (χ0v) is 48.5. The minimum absolute atomic E-state index is 0. The number of carbonyl (C=O) groups excluding carboxylic acids is 1. The highest BCUT2D eigenvalue weighted by Crippen LogP contribution is 2.49. The van der Waals surface area contributed by atoms with Gasteiger partial charge < -0.3 is 33.9 Å². The van der Waals surface area contributed by atoms with Gasteiger partial charge in [-0.15, -0.1) is 0 Å². The fourth-order valence-electron chi connectivity index (χ4n) is 9.08. The first-order chi connectivity index (χ1) is 38.1. The van der Waals surface area contributed by atoms with E-state index in [1.807, 2.05) is 97.1 Å². The van der Waals surface area contributed by atoms with Crippen molar-refractivity contribution in [2.45, 2.75) is 108 Å².